The van der Waals surface area contributed by atoms with Crippen LogP contribution in [-0.4, -0.2) is 30.6 Å². The number of nitrogens with zero attached hydrogens (tertiary/aromatic N) is 5. The van der Waals surface area contributed by atoms with Gasteiger partial charge >= 0.3 is 6.18 Å². The summed E-state index contributed by atoms with van der Waals surface area (Å²) in [6.07, 6.45) is 1.48. The fourth-order valence-corrected chi connectivity index (χ4v) is 3.17. The summed E-state index contributed by atoms with van der Waals surface area (Å²) in [6, 6.07) is 8.50. The number of aromatic nitrogens is 5. The third kappa shape index (κ3) is 5.08. The normalized spacial score (nSPS) is 11.5. The number of imidazole rings is 1. The minimum atomic E-state index is -4.50. The molecule has 0 spiro atoms. The van der Waals surface area contributed by atoms with Gasteiger partial charge in [-0.3, -0.25) is 9.36 Å². The molecule has 0 aliphatic carbocycles. The number of alkyl halides is 3. The summed E-state index contributed by atoms with van der Waals surface area (Å²) in [4.78, 5) is 25.1. The molecule has 0 radical (unpaired) electrons. The van der Waals surface area contributed by atoms with Gasteiger partial charge in [0.15, 0.2) is 5.82 Å². The Morgan fingerprint density at radius 1 is 1.18 bits per heavy atom. The molecule has 4 aromatic rings. The molecule has 3 aromatic heterocycles. The Labute approximate surface area is 186 Å². The minimum Gasteiger partial charge on any atom is -0.347 e. The highest BCUT2D eigenvalue weighted by atomic mass is 19.4. The van der Waals surface area contributed by atoms with E-state index in [0.717, 1.165) is 12.5 Å². The van der Waals surface area contributed by atoms with Crippen molar-refractivity contribution in [2.75, 3.05) is 0 Å². The molecule has 11 heteroatoms. The number of hydrogen-bond acceptors (Lipinski definition) is 6. The second-order valence-corrected chi connectivity index (χ2v) is 7.17. The number of aryl methyl sites for hydroxylation is 1. The van der Waals surface area contributed by atoms with Crippen LogP contribution in [0.1, 0.15) is 40.8 Å². The molecular formula is C22H19F3N6O2. The third-order valence-corrected chi connectivity index (χ3v) is 4.78. The van der Waals surface area contributed by atoms with Gasteiger partial charge in [0.25, 0.3) is 11.8 Å². The Balaban J connectivity index is 1.48. The molecule has 0 atom stereocenters. The zero-order valence-corrected chi connectivity index (χ0v) is 17.5. The van der Waals surface area contributed by atoms with Crippen molar-refractivity contribution >= 4 is 5.91 Å². The predicted molar refractivity (Wildman–Crippen MR) is 111 cm³/mol. The fourth-order valence-electron chi connectivity index (χ4n) is 3.17. The summed E-state index contributed by atoms with van der Waals surface area (Å²) in [5.41, 5.74) is -0.137. The van der Waals surface area contributed by atoms with Crippen molar-refractivity contribution in [3.05, 3.63) is 77.8 Å². The highest BCUT2D eigenvalue weighted by Crippen LogP contribution is 2.31. The van der Waals surface area contributed by atoms with Gasteiger partial charge in [-0.2, -0.15) is 18.2 Å². The summed E-state index contributed by atoms with van der Waals surface area (Å²) in [5.74, 6) is 0.808. The highest BCUT2D eigenvalue weighted by Gasteiger charge is 2.32. The van der Waals surface area contributed by atoms with E-state index in [9.17, 15) is 18.0 Å². The summed E-state index contributed by atoms with van der Waals surface area (Å²) in [6.45, 7) is 1.73. The molecule has 33 heavy (non-hydrogen) atoms. The molecule has 170 valence electrons. The van der Waals surface area contributed by atoms with Crippen LogP contribution >= 0.6 is 0 Å². The summed E-state index contributed by atoms with van der Waals surface area (Å²) < 4.78 is 46.2. The average molecular weight is 456 g/mol. The Hall–Kier alpha value is -4.02. The van der Waals surface area contributed by atoms with E-state index in [1.807, 2.05) is 6.92 Å². The van der Waals surface area contributed by atoms with Gasteiger partial charge in [0.05, 0.1) is 5.56 Å². The van der Waals surface area contributed by atoms with Gasteiger partial charge in [0.1, 0.15) is 17.8 Å². The lowest BCUT2D eigenvalue weighted by Crippen LogP contribution is -2.24. The largest absolute Gasteiger partial charge is 0.416 e. The first-order valence-corrected chi connectivity index (χ1v) is 10.1. The van der Waals surface area contributed by atoms with E-state index >= 15 is 0 Å². The molecule has 1 amide bonds. The van der Waals surface area contributed by atoms with Crippen molar-refractivity contribution in [2.45, 2.75) is 32.5 Å². The van der Waals surface area contributed by atoms with Crippen molar-refractivity contribution in [2.24, 2.45) is 0 Å². The zero-order valence-electron chi connectivity index (χ0n) is 17.5. The van der Waals surface area contributed by atoms with E-state index in [2.05, 4.69) is 25.4 Å². The minimum absolute atomic E-state index is 0.0332. The molecule has 0 unspecified atom stereocenters. The van der Waals surface area contributed by atoms with Crippen LogP contribution in [0.15, 0.2) is 59.6 Å². The Morgan fingerprint density at radius 2 is 2.00 bits per heavy atom. The molecule has 0 fully saturated rings. The highest BCUT2D eigenvalue weighted by molar-refractivity contribution is 5.92. The van der Waals surface area contributed by atoms with Gasteiger partial charge in [-0.25, -0.2) is 9.97 Å². The van der Waals surface area contributed by atoms with Gasteiger partial charge in [-0.15, -0.1) is 0 Å². The molecule has 0 aliphatic heterocycles. The van der Waals surface area contributed by atoms with E-state index < -0.39 is 17.6 Å². The molecule has 1 N–H and O–H groups in total. The molecule has 0 bridgehead atoms. The van der Waals surface area contributed by atoms with Crippen molar-refractivity contribution in [1.29, 1.82) is 0 Å². The van der Waals surface area contributed by atoms with Crippen LogP contribution in [-0.2, 0) is 19.1 Å². The van der Waals surface area contributed by atoms with Crippen LogP contribution < -0.4 is 5.32 Å². The first kappa shape index (κ1) is 22.2. The van der Waals surface area contributed by atoms with Gasteiger partial charge < -0.3 is 9.84 Å². The Morgan fingerprint density at radius 3 is 2.79 bits per heavy atom. The maximum atomic E-state index is 13.1. The van der Waals surface area contributed by atoms with Crippen LogP contribution in [0.3, 0.4) is 0 Å². The van der Waals surface area contributed by atoms with Crippen LogP contribution in [0.4, 0.5) is 13.2 Å². The molecule has 4 rings (SSSR count). The number of pyridine rings is 1. The Bertz CT molecular complexity index is 1260. The number of hydrogen-bond donors (Lipinski definition) is 1. The van der Waals surface area contributed by atoms with E-state index in [-0.39, 0.29) is 17.8 Å². The maximum absolute atomic E-state index is 13.1. The average Bonchev–Trinajstić information content (AvgIpc) is 3.48. The Kier molecular flexibility index (Phi) is 6.20. The maximum Gasteiger partial charge on any atom is 0.416 e. The number of rotatable bonds is 7. The van der Waals surface area contributed by atoms with E-state index in [1.165, 1.54) is 35.3 Å². The number of nitrogens with one attached hydrogen (secondary N) is 1. The number of carbonyl (C=O) groups excluding carboxylic acids is 1. The quantitative estimate of drug-likeness (QED) is 0.447. The summed E-state index contributed by atoms with van der Waals surface area (Å²) >= 11 is 0. The molecule has 8 nitrogen and oxygen atoms in total. The molecule has 0 aliphatic rings. The first-order chi connectivity index (χ1) is 15.8. The fraction of sp³-hybridized carbons (Fsp3) is 0.227. The standard InChI is InChI=1S/C22H19F3N6O2/c1-2-5-18-29-21(33-30-18)14-8-9-26-19(10-14)31-12-17(28-13-31)20(32)27-11-15-6-3-4-7-16(15)22(23,24)25/h3-4,6-10,12-13H,2,5,11H2,1H3,(H,27,32). The number of benzene rings is 1. The molecule has 0 saturated heterocycles. The van der Waals surface area contributed by atoms with Gasteiger partial charge in [0, 0.05) is 30.9 Å². The van der Waals surface area contributed by atoms with Crippen LogP contribution in [0.2, 0.25) is 0 Å². The van der Waals surface area contributed by atoms with Crippen LogP contribution in [0.5, 0.6) is 0 Å². The molecule has 1 aromatic carbocycles. The summed E-state index contributed by atoms with van der Waals surface area (Å²) in [7, 11) is 0. The lowest BCUT2D eigenvalue weighted by molar-refractivity contribution is -0.138. The van der Waals surface area contributed by atoms with Crippen molar-refractivity contribution < 1.29 is 22.5 Å². The second kappa shape index (κ2) is 9.23. The van der Waals surface area contributed by atoms with Crippen molar-refractivity contribution in [1.82, 2.24) is 30.0 Å². The molecular weight excluding hydrogens is 437 g/mol. The lowest BCUT2D eigenvalue weighted by Gasteiger charge is -2.12. The molecule has 0 saturated carbocycles. The number of carbonyl (C=O) groups is 1. The first-order valence-electron chi connectivity index (χ1n) is 10.1. The number of halogens is 3. The molecule has 3 heterocycles. The zero-order chi connectivity index (χ0) is 23.4. The number of amides is 1. The van der Waals surface area contributed by atoms with Crippen LogP contribution in [0, 0.1) is 0 Å². The smallest absolute Gasteiger partial charge is 0.347 e. The van der Waals surface area contributed by atoms with Gasteiger partial charge in [0.2, 0.25) is 0 Å². The second-order valence-electron chi connectivity index (χ2n) is 7.17. The van der Waals surface area contributed by atoms with E-state index in [4.69, 9.17) is 4.52 Å². The topological polar surface area (TPSA) is 98.7 Å². The van der Waals surface area contributed by atoms with Crippen molar-refractivity contribution in [3.8, 4) is 17.3 Å². The predicted octanol–water partition coefficient (Wildman–Crippen LogP) is 4.22. The van der Waals surface area contributed by atoms with Crippen molar-refractivity contribution in [3.63, 3.8) is 0 Å². The third-order valence-electron chi connectivity index (χ3n) is 4.78. The monoisotopic (exact) mass is 456 g/mol. The summed E-state index contributed by atoms with van der Waals surface area (Å²) in [5, 5.41) is 6.41. The van der Waals surface area contributed by atoms with E-state index in [1.54, 1.807) is 18.3 Å². The SMILES string of the molecule is CCCc1noc(-c2ccnc(-n3cnc(C(=O)NCc4ccccc4C(F)(F)F)c3)c2)n1. The van der Waals surface area contributed by atoms with Crippen LogP contribution in [0.25, 0.3) is 17.3 Å². The van der Waals surface area contributed by atoms with Gasteiger partial charge in [-0.1, -0.05) is 30.3 Å². The lowest BCUT2D eigenvalue weighted by atomic mass is 10.1. The van der Waals surface area contributed by atoms with E-state index in [0.29, 0.717) is 29.5 Å². The van der Waals surface area contributed by atoms with Gasteiger partial charge in [-0.05, 0) is 30.2 Å².